The Hall–Kier alpha value is -1.25. The summed E-state index contributed by atoms with van der Waals surface area (Å²) in [4.78, 5) is 11.9. The van der Waals surface area contributed by atoms with Gasteiger partial charge in [-0.3, -0.25) is 4.79 Å². The zero-order chi connectivity index (χ0) is 14.1. The number of rotatable bonds is 2. The van der Waals surface area contributed by atoms with Gasteiger partial charge >= 0.3 is 5.97 Å². The molecule has 0 aliphatic heterocycles. The lowest BCUT2D eigenvalue weighted by molar-refractivity contribution is -0.143. The third kappa shape index (κ3) is 3.38. The predicted octanol–water partition coefficient (Wildman–Crippen LogP) is 3.48. The molecule has 0 amide bonds. The van der Waals surface area contributed by atoms with Gasteiger partial charge in [0.05, 0.1) is 13.3 Å². The van der Waals surface area contributed by atoms with Gasteiger partial charge in [0.15, 0.2) is 0 Å². The van der Waals surface area contributed by atoms with Gasteiger partial charge in [0, 0.05) is 0 Å². The average Bonchev–Trinajstić information content (AvgIpc) is 2.21. The highest BCUT2D eigenvalue weighted by Crippen LogP contribution is 2.29. The Balaban J connectivity index is 3.09. The van der Waals surface area contributed by atoms with Crippen molar-refractivity contribution in [1.29, 1.82) is 0 Å². The zero-order valence-corrected chi connectivity index (χ0v) is 12.1. The second kappa shape index (κ2) is 5.17. The fourth-order valence-electron chi connectivity index (χ4n) is 1.65. The molecule has 1 aromatic carbocycles. The zero-order valence-electron chi connectivity index (χ0n) is 12.1. The summed E-state index contributed by atoms with van der Waals surface area (Å²) >= 11 is 0. The SMILES string of the molecule is [B]C(C)c1cc(C)c(OC(=O)C(C)(C)C)c(C)c1. The summed E-state index contributed by atoms with van der Waals surface area (Å²) in [5.41, 5.74) is 2.44. The maximum atomic E-state index is 11.9. The molecule has 0 N–H and O–H groups in total. The fraction of sp³-hybridized carbons (Fsp3) is 0.533. The lowest BCUT2D eigenvalue weighted by Crippen LogP contribution is -2.26. The van der Waals surface area contributed by atoms with E-state index in [9.17, 15) is 4.79 Å². The minimum absolute atomic E-state index is 0.0187. The average molecular weight is 244 g/mol. The molecule has 1 aromatic rings. The van der Waals surface area contributed by atoms with Crippen LogP contribution in [-0.4, -0.2) is 13.8 Å². The van der Waals surface area contributed by atoms with Crippen LogP contribution in [0.2, 0.25) is 0 Å². The highest BCUT2D eigenvalue weighted by Gasteiger charge is 2.25. The second-order valence-electron chi connectivity index (χ2n) is 5.91. The van der Waals surface area contributed by atoms with Crippen molar-refractivity contribution < 1.29 is 9.53 Å². The summed E-state index contributed by atoms with van der Waals surface area (Å²) in [7, 11) is 5.86. The number of hydrogen-bond donors (Lipinski definition) is 0. The van der Waals surface area contributed by atoms with Gasteiger partial charge in [-0.2, -0.15) is 0 Å². The molecule has 0 spiro atoms. The van der Waals surface area contributed by atoms with Crippen LogP contribution in [0.15, 0.2) is 12.1 Å². The van der Waals surface area contributed by atoms with Crippen molar-refractivity contribution in [2.75, 3.05) is 0 Å². The number of hydrogen-bond acceptors (Lipinski definition) is 2. The molecular formula is C15H21BO2. The third-order valence-corrected chi connectivity index (χ3v) is 2.82. The molecule has 1 unspecified atom stereocenters. The Kier molecular flexibility index (Phi) is 4.26. The molecule has 0 aliphatic rings. The van der Waals surface area contributed by atoms with E-state index in [0.717, 1.165) is 16.7 Å². The van der Waals surface area contributed by atoms with Gasteiger partial charge in [0.1, 0.15) is 5.75 Å². The van der Waals surface area contributed by atoms with E-state index in [0.29, 0.717) is 5.75 Å². The molecule has 1 atom stereocenters. The minimum Gasteiger partial charge on any atom is -0.426 e. The molecule has 0 bridgehead atoms. The summed E-state index contributed by atoms with van der Waals surface area (Å²) in [6, 6.07) is 3.95. The fourth-order valence-corrected chi connectivity index (χ4v) is 1.65. The van der Waals surface area contributed by atoms with E-state index in [2.05, 4.69) is 0 Å². The van der Waals surface area contributed by atoms with Crippen molar-refractivity contribution in [2.24, 2.45) is 5.41 Å². The standard InChI is InChI=1S/C15H21BO2/c1-9-7-12(11(3)16)8-10(2)13(9)18-14(17)15(4,5)6/h7-8,11H,1-6H3. The molecule has 1 rings (SSSR count). The largest absolute Gasteiger partial charge is 0.426 e. The van der Waals surface area contributed by atoms with E-state index in [1.54, 1.807) is 0 Å². The first kappa shape index (κ1) is 14.8. The number of ether oxygens (including phenoxy) is 1. The van der Waals surface area contributed by atoms with E-state index in [1.807, 2.05) is 53.7 Å². The topological polar surface area (TPSA) is 26.3 Å². The molecule has 2 radical (unpaired) electrons. The first-order valence-corrected chi connectivity index (χ1v) is 6.22. The number of carbonyl (C=O) groups excluding carboxylic acids is 1. The molecule has 0 saturated carbocycles. The van der Waals surface area contributed by atoms with Gasteiger partial charge in [0.2, 0.25) is 0 Å². The van der Waals surface area contributed by atoms with E-state index in [-0.39, 0.29) is 11.8 Å². The molecule has 96 valence electrons. The number of carbonyl (C=O) groups is 1. The van der Waals surface area contributed by atoms with Gasteiger partial charge in [-0.05, 0) is 45.7 Å². The first-order chi connectivity index (χ1) is 8.12. The summed E-state index contributed by atoms with van der Waals surface area (Å²) in [5.74, 6) is 0.413. The van der Waals surface area contributed by atoms with Crippen LogP contribution in [0.3, 0.4) is 0 Å². The molecule has 0 saturated heterocycles. The molecule has 18 heavy (non-hydrogen) atoms. The van der Waals surface area contributed by atoms with Gasteiger partial charge < -0.3 is 4.74 Å². The van der Waals surface area contributed by atoms with E-state index < -0.39 is 5.41 Å². The summed E-state index contributed by atoms with van der Waals surface area (Å²) in [6.07, 6.45) is 0. The van der Waals surface area contributed by atoms with Crippen molar-refractivity contribution in [1.82, 2.24) is 0 Å². The molecule has 0 aliphatic carbocycles. The maximum absolute atomic E-state index is 11.9. The van der Waals surface area contributed by atoms with Crippen LogP contribution in [0.4, 0.5) is 0 Å². The molecule has 2 nitrogen and oxygen atoms in total. The Bertz CT molecular complexity index is 433. The van der Waals surface area contributed by atoms with Crippen LogP contribution in [0.5, 0.6) is 5.75 Å². The van der Waals surface area contributed by atoms with E-state index >= 15 is 0 Å². The monoisotopic (exact) mass is 244 g/mol. The van der Waals surface area contributed by atoms with Crippen LogP contribution in [-0.2, 0) is 4.79 Å². The third-order valence-electron chi connectivity index (χ3n) is 2.82. The number of aryl methyl sites for hydroxylation is 2. The highest BCUT2D eigenvalue weighted by molar-refractivity contribution is 6.12. The van der Waals surface area contributed by atoms with Crippen molar-refractivity contribution >= 4 is 13.8 Å². The number of benzene rings is 1. The van der Waals surface area contributed by atoms with Crippen molar-refractivity contribution in [3.05, 3.63) is 28.8 Å². The van der Waals surface area contributed by atoms with Gasteiger partial charge in [-0.1, -0.05) is 30.4 Å². The Labute approximate surface area is 111 Å². The maximum Gasteiger partial charge on any atom is 0.316 e. The normalized spacial score (nSPS) is 13.2. The van der Waals surface area contributed by atoms with Crippen LogP contribution in [0.1, 0.15) is 50.2 Å². The van der Waals surface area contributed by atoms with Gasteiger partial charge in [0.25, 0.3) is 0 Å². The Morgan fingerprint density at radius 3 is 2.00 bits per heavy atom. The predicted molar refractivity (Wildman–Crippen MR) is 75.2 cm³/mol. The van der Waals surface area contributed by atoms with Crippen LogP contribution < -0.4 is 4.74 Å². The molecule has 0 fully saturated rings. The quantitative estimate of drug-likeness (QED) is 0.452. The van der Waals surface area contributed by atoms with Crippen LogP contribution in [0.25, 0.3) is 0 Å². The summed E-state index contributed by atoms with van der Waals surface area (Å²) < 4.78 is 5.50. The van der Waals surface area contributed by atoms with Gasteiger partial charge in [-0.25, -0.2) is 0 Å². The molecule has 0 heterocycles. The Morgan fingerprint density at radius 2 is 1.67 bits per heavy atom. The molecular weight excluding hydrogens is 223 g/mol. The van der Waals surface area contributed by atoms with Crippen molar-refractivity contribution in [3.8, 4) is 5.75 Å². The van der Waals surface area contributed by atoms with E-state index in [4.69, 9.17) is 12.6 Å². The number of esters is 1. The van der Waals surface area contributed by atoms with Crippen molar-refractivity contribution in [3.63, 3.8) is 0 Å². The minimum atomic E-state index is -0.501. The lowest BCUT2D eigenvalue weighted by atomic mass is 9.81. The lowest BCUT2D eigenvalue weighted by Gasteiger charge is -2.20. The first-order valence-electron chi connectivity index (χ1n) is 6.22. The Morgan fingerprint density at radius 1 is 1.22 bits per heavy atom. The van der Waals surface area contributed by atoms with Crippen LogP contribution >= 0.6 is 0 Å². The van der Waals surface area contributed by atoms with Crippen molar-refractivity contribution in [2.45, 2.75) is 47.4 Å². The molecule has 0 aromatic heterocycles. The highest BCUT2D eigenvalue weighted by atomic mass is 16.5. The summed E-state index contributed by atoms with van der Waals surface area (Å²) in [6.45, 7) is 11.3. The van der Waals surface area contributed by atoms with Gasteiger partial charge in [-0.15, -0.1) is 0 Å². The van der Waals surface area contributed by atoms with E-state index in [1.165, 1.54) is 0 Å². The second-order valence-corrected chi connectivity index (χ2v) is 5.91. The smallest absolute Gasteiger partial charge is 0.316 e. The summed E-state index contributed by atoms with van der Waals surface area (Å²) in [5, 5.41) is 0. The molecule has 3 heteroatoms. The van der Waals surface area contributed by atoms with Crippen LogP contribution in [0, 0.1) is 19.3 Å².